The van der Waals surface area contributed by atoms with Gasteiger partial charge in [0.05, 0.1) is 6.61 Å². The fraction of sp³-hybridized carbons (Fsp3) is 0.182. The lowest BCUT2D eigenvalue weighted by molar-refractivity contribution is -0.252. The zero-order valence-electron chi connectivity index (χ0n) is 15.0. The van der Waals surface area contributed by atoms with Crippen LogP contribution in [-0.4, -0.2) is 30.6 Å². The molecule has 142 valence electrons. The predicted octanol–water partition coefficient (Wildman–Crippen LogP) is 2.90. The molecule has 6 heteroatoms. The molecular formula is C22H19NO5. The molecule has 1 saturated heterocycles. The minimum Gasteiger partial charge on any atom is -0.452 e. The van der Waals surface area contributed by atoms with Gasteiger partial charge in [0.1, 0.15) is 11.8 Å². The smallest absolute Gasteiger partial charge is 0.354 e. The van der Waals surface area contributed by atoms with E-state index < -0.39 is 24.5 Å². The first kappa shape index (κ1) is 18.2. The Morgan fingerprint density at radius 3 is 2.50 bits per heavy atom. The van der Waals surface area contributed by atoms with Gasteiger partial charge in [-0.05, 0) is 6.08 Å². The quantitative estimate of drug-likeness (QED) is 0.491. The number of hydrogen-bond donors (Lipinski definition) is 1. The van der Waals surface area contributed by atoms with Crippen LogP contribution in [0.3, 0.4) is 0 Å². The first-order chi connectivity index (χ1) is 13.7. The molecule has 2 aliphatic heterocycles. The summed E-state index contributed by atoms with van der Waals surface area (Å²) in [6.07, 6.45) is 3.02. The van der Waals surface area contributed by atoms with Gasteiger partial charge in [-0.15, -0.1) is 0 Å². The summed E-state index contributed by atoms with van der Waals surface area (Å²) < 4.78 is 17.0. The van der Waals surface area contributed by atoms with Crippen molar-refractivity contribution in [2.45, 2.75) is 18.5 Å². The lowest BCUT2D eigenvalue weighted by Gasteiger charge is -2.37. The van der Waals surface area contributed by atoms with Crippen LogP contribution in [-0.2, 0) is 19.0 Å². The maximum absolute atomic E-state index is 12.2. The minimum absolute atomic E-state index is 0.165. The normalized spacial score (nSPS) is 24.2. The first-order valence-corrected chi connectivity index (χ1v) is 8.98. The summed E-state index contributed by atoms with van der Waals surface area (Å²) >= 11 is 0. The third kappa shape index (κ3) is 4.03. The van der Waals surface area contributed by atoms with Gasteiger partial charge in [0.25, 0.3) is 0 Å². The van der Waals surface area contributed by atoms with Crippen molar-refractivity contribution in [1.82, 2.24) is 5.32 Å². The standard InChI is InChI=1S/C22H19NO5/c24-18(15-7-3-1-4-8-15)11-12-23-17-13-19-20(27-21(17)25)14-26-22(28-19)16-9-5-2-6-10-16/h1-13,19-20,22-23H,14H2/b12-11+/t19-,20-,22+/m1/s1. The van der Waals surface area contributed by atoms with Crippen LogP contribution in [0.2, 0.25) is 0 Å². The summed E-state index contributed by atoms with van der Waals surface area (Å²) in [5, 5.41) is 2.82. The number of hydrogen-bond acceptors (Lipinski definition) is 6. The number of allylic oxidation sites excluding steroid dienone is 1. The van der Waals surface area contributed by atoms with Crippen LogP contribution in [0.15, 0.2) is 84.7 Å². The zero-order valence-corrected chi connectivity index (χ0v) is 15.0. The number of esters is 1. The van der Waals surface area contributed by atoms with Crippen LogP contribution < -0.4 is 5.32 Å². The topological polar surface area (TPSA) is 73.9 Å². The van der Waals surface area contributed by atoms with Gasteiger partial charge in [0.15, 0.2) is 18.2 Å². The van der Waals surface area contributed by atoms with Gasteiger partial charge in [-0.25, -0.2) is 4.79 Å². The average molecular weight is 377 g/mol. The molecule has 1 fully saturated rings. The third-order valence-corrected chi connectivity index (χ3v) is 4.47. The van der Waals surface area contributed by atoms with Crippen molar-refractivity contribution in [3.05, 3.63) is 95.8 Å². The molecule has 28 heavy (non-hydrogen) atoms. The van der Waals surface area contributed by atoms with E-state index in [1.165, 1.54) is 12.3 Å². The summed E-state index contributed by atoms with van der Waals surface area (Å²) in [5.41, 5.74) is 1.69. The van der Waals surface area contributed by atoms with Gasteiger partial charge in [0.2, 0.25) is 0 Å². The first-order valence-electron chi connectivity index (χ1n) is 8.98. The second-order valence-corrected chi connectivity index (χ2v) is 6.41. The van der Waals surface area contributed by atoms with Crippen molar-refractivity contribution in [3.8, 4) is 0 Å². The van der Waals surface area contributed by atoms with Crippen LogP contribution in [0, 0.1) is 0 Å². The van der Waals surface area contributed by atoms with E-state index >= 15 is 0 Å². The van der Waals surface area contributed by atoms with Gasteiger partial charge in [-0.1, -0.05) is 60.7 Å². The molecule has 2 aliphatic rings. The highest BCUT2D eigenvalue weighted by atomic mass is 16.7. The number of nitrogens with one attached hydrogen (secondary N) is 1. The van der Waals surface area contributed by atoms with E-state index in [0.717, 1.165) is 5.56 Å². The van der Waals surface area contributed by atoms with E-state index in [-0.39, 0.29) is 18.1 Å². The average Bonchev–Trinajstić information content (AvgIpc) is 2.75. The molecule has 0 bridgehead atoms. The van der Waals surface area contributed by atoms with E-state index in [9.17, 15) is 9.59 Å². The van der Waals surface area contributed by atoms with Crippen molar-refractivity contribution < 1.29 is 23.8 Å². The van der Waals surface area contributed by atoms with Gasteiger partial charge in [-0.2, -0.15) is 0 Å². The summed E-state index contributed by atoms with van der Waals surface area (Å²) in [7, 11) is 0. The van der Waals surface area contributed by atoms with Crippen molar-refractivity contribution in [1.29, 1.82) is 0 Å². The van der Waals surface area contributed by atoms with E-state index in [2.05, 4.69) is 5.32 Å². The Morgan fingerprint density at radius 1 is 1.04 bits per heavy atom. The van der Waals surface area contributed by atoms with E-state index in [1.807, 2.05) is 36.4 Å². The van der Waals surface area contributed by atoms with Crippen LogP contribution in [0.4, 0.5) is 0 Å². The third-order valence-electron chi connectivity index (χ3n) is 4.47. The molecule has 0 spiro atoms. The van der Waals surface area contributed by atoms with E-state index in [0.29, 0.717) is 5.56 Å². The van der Waals surface area contributed by atoms with E-state index in [1.54, 1.807) is 30.3 Å². The van der Waals surface area contributed by atoms with Crippen LogP contribution in [0.1, 0.15) is 22.2 Å². The molecule has 0 saturated carbocycles. The molecule has 0 aliphatic carbocycles. The SMILES string of the molecule is O=C1O[C@@H]2CO[C@H](c3ccccc3)O[C@@H]2C=C1N/C=C/C(=O)c1ccccc1. The molecule has 2 aromatic carbocycles. The Kier molecular flexibility index (Phi) is 5.32. The highest BCUT2D eigenvalue weighted by Gasteiger charge is 2.38. The van der Waals surface area contributed by atoms with Crippen molar-refractivity contribution in [2.75, 3.05) is 6.61 Å². The van der Waals surface area contributed by atoms with Gasteiger partial charge < -0.3 is 19.5 Å². The summed E-state index contributed by atoms with van der Waals surface area (Å²) in [4.78, 5) is 24.3. The lowest BCUT2D eigenvalue weighted by Crippen LogP contribution is -2.46. The molecule has 2 heterocycles. The highest BCUT2D eigenvalue weighted by molar-refractivity contribution is 6.04. The minimum atomic E-state index is -0.521. The summed E-state index contributed by atoms with van der Waals surface area (Å²) in [6, 6.07) is 18.5. The van der Waals surface area contributed by atoms with Gasteiger partial charge >= 0.3 is 5.97 Å². The zero-order chi connectivity index (χ0) is 19.3. The Morgan fingerprint density at radius 2 is 1.75 bits per heavy atom. The highest BCUT2D eigenvalue weighted by Crippen LogP contribution is 2.30. The number of carbonyl (C=O) groups is 2. The largest absolute Gasteiger partial charge is 0.452 e. The molecule has 1 N–H and O–H groups in total. The number of ketones is 1. The number of ether oxygens (including phenoxy) is 3. The maximum Gasteiger partial charge on any atom is 0.354 e. The Bertz CT molecular complexity index is 907. The molecular weight excluding hydrogens is 358 g/mol. The Balaban J connectivity index is 1.43. The number of fused-ring (bicyclic) bond motifs is 1. The second-order valence-electron chi connectivity index (χ2n) is 6.41. The molecule has 0 unspecified atom stereocenters. The summed E-state index contributed by atoms with van der Waals surface area (Å²) in [5.74, 6) is -0.675. The molecule has 4 rings (SSSR count). The molecule has 2 aromatic rings. The second kappa shape index (κ2) is 8.21. The maximum atomic E-state index is 12.2. The fourth-order valence-electron chi connectivity index (χ4n) is 3.03. The van der Waals surface area contributed by atoms with Crippen LogP contribution in [0.5, 0.6) is 0 Å². The van der Waals surface area contributed by atoms with E-state index in [4.69, 9.17) is 14.2 Å². The number of rotatable bonds is 5. The monoisotopic (exact) mass is 377 g/mol. The number of carbonyl (C=O) groups excluding carboxylic acids is 2. The number of benzene rings is 2. The van der Waals surface area contributed by atoms with Gasteiger partial charge in [0, 0.05) is 23.4 Å². The fourth-order valence-corrected chi connectivity index (χ4v) is 3.03. The Labute approximate surface area is 162 Å². The van der Waals surface area contributed by atoms with Gasteiger partial charge in [-0.3, -0.25) is 4.79 Å². The summed E-state index contributed by atoms with van der Waals surface area (Å²) in [6.45, 7) is 0.252. The lowest BCUT2D eigenvalue weighted by atomic mass is 10.1. The van der Waals surface area contributed by atoms with Crippen molar-refractivity contribution in [3.63, 3.8) is 0 Å². The predicted molar refractivity (Wildman–Crippen MR) is 101 cm³/mol. The molecule has 0 aromatic heterocycles. The molecule has 3 atom stereocenters. The Hall–Kier alpha value is -3.22. The molecule has 0 amide bonds. The van der Waals surface area contributed by atoms with Crippen LogP contribution in [0.25, 0.3) is 0 Å². The van der Waals surface area contributed by atoms with Crippen molar-refractivity contribution in [2.24, 2.45) is 0 Å². The van der Waals surface area contributed by atoms with Crippen LogP contribution >= 0.6 is 0 Å². The molecule has 6 nitrogen and oxygen atoms in total. The van der Waals surface area contributed by atoms with Crippen molar-refractivity contribution >= 4 is 11.8 Å². The molecule has 0 radical (unpaired) electrons.